The molecule has 2 aromatic rings. The van der Waals surface area contributed by atoms with Crippen molar-refractivity contribution in [3.8, 4) is 5.75 Å². The van der Waals surface area contributed by atoms with Crippen molar-refractivity contribution in [3.05, 3.63) is 51.5 Å². The molecule has 4 nitrogen and oxygen atoms in total. The quantitative estimate of drug-likeness (QED) is 0.730. The number of nitrogens with two attached hydrogens (primary N) is 1. The lowest BCUT2D eigenvalue weighted by Gasteiger charge is -2.08. The van der Waals surface area contributed by atoms with Crippen molar-refractivity contribution in [2.75, 3.05) is 11.1 Å². The molecule has 0 aromatic heterocycles. The number of phenolic OH excluding ortho intramolecular Hbond substituents is 1. The Morgan fingerprint density at radius 3 is 2.68 bits per heavy atom. The summed E-state index contributed by atoms with van der Waals surface area (Å²) in [6.45, 7) is 0. The van der Waals surface area contributed by atoms with Crippen molar-refractivity contribution in [1.82, 2.24) is 0 Å². The van der Waals surface area contributed by atoms with Gasteiger partial charge < -0.3 is 16.2 Å². The number of phenols is 1. The third kappa shape index (κ3) is 3.19. The Hall–Kier alpha value is -1.72. The third-order valence-electron chi connectivity index (χ3n) is 2.46. The highest BCUT2D eigenvalue weighted by Gasteiger charge is 2.12. The predicted molar refractivity (Wildman–Crippen MR) is 79.6 cm³/mol. The second-order valence-corrected chi connectivity index (χ2v) is 5.14. The minimum absolute atomic E-state index is 0.112. The van der Waals surface area contributed by atoms with E-state index in [0.717, 1.165) is 0 Å². The minimum Gasteiger partial charge on any atom is -0.507 e. The second kappa shape index (κ2) is 5.50. The normalized spacial score (nSPS) is 10.2. The Morgan fingerprint density at radius 2 is 2.00 bits per heavy atom. The van der Waals surface area contributed by atoms with Crippen LogP contribution in [-0.2, 0) is 0 Å². The Balaban J connectivity index is 2.25. The van der Waals surface area contributed by atoms with Crippen molar-refractivity contribution in [2.45, 2.75) is 0 Å². The molecule has 0 aliphatic heterocycles. The van der Waals surface area contributed by atoms with E-state index in [1.165, 1.54) is 18.2 Å². The fourth-order valence-electron chi connectivity index (χ4n) is 1.49. The van der Waals surface area contributed by atoms with Gasteiger partial charge in [0.2, 0.25) is 0 Å². The summed E-state index contributed by atoms with van der Waals surface area (Å²) in [5.41, 5.74) is 6.90. The molecule has 0 aliphatic carbocycles. The molecule has 2 aromatic carbocycles. The first-order chi connectivity index (χ1) is 8.97. The lowest BCUT2D eigenvalue weighted by atomic mass is 10.2. The number of carbonyl (C=O) groups is 1. The maximum atomic E-state index is 12.0. The van der Waals surface area contributed by atoms with Crippen molar-refractivity contribution in [3.63, 3.8) is 0 Å². The number of amides is 1. The average Bonchev–Trinajstić information content (AvgIpc) is 2.36. The fourth-order valence-corrected chi connectivity index (χ4v) is 2.04. The van der Waals surface area contributed by atoms with Gasteiger partial charge in [-0.3, -0.25) is 4.79 Å². The lowest BCUT2D eigenvalue weighted by Crippen LogP contribution is -2.12. The van der Waals surface area contributed by atoms with Crippen molar-refractivity contribution >= 4 is 44.8 Å². The van der Waals surface area contributed by atoms with E-state index in [0.29, 0.717) is 20.9 Å². The van der Waals surface area contributed by atoms with Gasteiger partial charge in [-0.05, 0) is 52.3 Å². The lowest BCUT2D eigenvalue weighted by molar-refractivity contribution is 0.102. The molecule has 0 unspecified atom stereocenters. The van der Waals surface area contributed by atoms with Gasteiger partial charge in [0.25, 0.3) is 5.91 Å². The summed E-state index contributed by atoms with van der Waals surface area (Å²) in [4.78, 5) is 12.0. The van der Waals surface area contributed by atoms with E-state index in [4.69, 9.17) is 17.3 Å². The van der Waals surface area contributed by atoms with Crippen LogP contribution in [0.4, 0.5) is 11.4 Å². The number of rotatable bonds is 2. The number of nitrogens with one attached hydrogen (secondary N) is 1. The molecule has 0 spiro atoms. The number of hydrogen-bond acceptors (Lipinski definition) is 3. The molecule has 98 valence electrons. The van der Waals surface area contributed by atoms with E-state index in [9.17, 15) is 9.90 Å². The Labute approximate surface area is 123 Å². The Morgan fingerprint density at radius 1 is 1.26 bits per heavy atom. The summed E-state index contributed by atoms with van der Waals surface area (Å²) in [6.07, 6.45) is 0. The monoisotopic (exact) mass is 340 g/mol. The van der Waals surface area contributed by atoms with Crippen LogP contribution in [0.1, 0.15) is 10.4 Å². The maximum Gasteiger partial charge on any atom is 0.259 e. The molecule has 0 saturated carbocycles. The van der Waals surface area contributed by atoms with Crippen molar-refractivity contribution < 1.29 is 9.90 Å². The van der Waals surface area contributed by atoms with Gasteiger partial charge in [0.15, 0.2) is 0 Å². The molecule has 0 atom stereocenters. The molecule has 6 heteroatoms. The molecular formula is C13H10BrClN2O2. The zero-order valence-electron chi connectivity index (χ0n) is 9.65. The zero-order chi connectivity index (χ0) is 14.0. The van der Waals surface area contributed by atoms with Gasteiger partial charge in [0, 0.05) is 20.9 Å². The summed E-state index contributed by atoms with van der Waals surface area (Å²) in [5, 5.41) is 12.7. The predicted octanol–water partition coefficient (Wildman–Crippen LogP) is 3.64. The molecular weight excluding hydrogens is 332 g/mol. The Bertz CT molecular complexity index is 647. The maximum absolute atomic E-state index is 12.0. The number of carbonyl (C=O) groups excluding carboxylic acids is 1. The number of aromatic hydroxyl groups is 1. The summed E-state index contributed by atoms with van der Waals surface area (Å²) < 4.78 is 0.681. The molecule has 1 amide bonds. The molecule has 0 radical (unpaired) electrons. The smallest absolute Gasteiger partial charge is 0.259 e. The third-order valence-corrected chi connectivity index (χ3v) is 3.38. The van der Waals surface area contributed by atoms with Crippen LogP contribution in [0.25, 0.3) is 0 Å². The molecule has 0 heterocycles. The second-order valence-electron chi connectivity index (χ2n) is 3.85. The van der Waals surface area contributed by atoms with Crippen LogP contribution in [0.15, 0.2) is 40.9 Å². The van der Waals surface area contributed by atoms with Gasteiger partial charge in [-0.2, -0.15) is 0 Å². The number of anilines is 2. The molecule has 0 bridgehead atoms. The summed E-state index contributed by atoms with van der Waals surface area (Å²) in [5.74, 6) is -0.576. The van der Waals surface area contributed by atoms with E-state index >= 15 is 0 Å². The fraction of sp³-hybridized carbons (Fsp3) is 0. The van der Waals surface area contributed by atoms with Crippen molar-refractivity contribution in [1.29, 1.82) is 0 Å². The largest absolute Gasteiger partial charge is 0.507 e. The van der Waals surface area contributed by atoms with E-state index < -0.39 is 5.91 Å². The van der Waals surface area contributed by atoms with Gasteiger partial charge in [-0.1, -0.05) is 11.6 Å². The van der Waals surface area contributed by atoms with Crippen LogP contribution < -0.4 is 11.1 Å². The van der Waals surface area contributed by atoms with Crippen LogP contribution >= 0.6 is 27.5 Å². The van der Waals surface area contributed by atoms with Gasteiger partial charge >= 0.3 is 0 Å². The molecule has 2 rings (SSSR count). The van der Waals surface area contributed by atoms with E-state index in [-0.39, 0.29) is 11.3 Å². The van der Waals surface area contributed by atoms with E-state index in [1.54, 1.807) is 18.2 Å². The first-order valence-electron chi connectivity index (χ1n) is 5.32. The van der Waals surface area contributed by atoms with E-state index in [1.807, 2.05) is 0 Å². The number of nitrogen functional groups attached to an aromatic ring is 1. The molecule has 0 saturated heterocycles. The molecule has 4 N–H and O–H groups in total. The van der Waals surface area contributed by atoms with Crippen molar-refractivity contribution in [2.24, 2.45) is 0 Å². The van der Waals surface area contributed by atoms with Crippen LogP contribution in [0.5, 0.6) is 5.75 Å². The van der Waals surface area contributed by atoms with Gasteiger partial charge in [-0.25, -0.2) is 0 Å². The summed E-state index contributed by atoms with van der Waals surface area (Å²) in [7, 11) is 0. The first kappa shape index (κ1) is 13.7. The summed E-state index contributed by atoms with van der Waals surface area (Å²) in [6, 6.07) is 9.29. The molecule has 19 heavy (non-hydrogen) atoms. The average molecular weight is 342 g/mol. The van der Waals surface area contributed by atoms with Crippen LogP contribution in [0.2, 0.25) is 5.02 Å². The van der Waals surface area contributed by atoms with Gasteiger partial charge in [0.1, 0.15) is 5.75 Å². The zero-order valence-corrected chi connectivity index (χ0v) is 12.0. The first-order valence-corrected chi connectivity index (χ1v) is 6.49. The number of hydrogen-bond donors (Lipinski definition) is 3. The highest BCUT2D eigenvalue weighted by molar-refractivity contribution is 9.10. The van der Waals surface area contributed by atoms with Crippen LogP contribution in [0.3, 0.4) is 0 Å². The summed E-state index contributed by atoms with van der Waals surface area (Å²) >= 11 is 9.07. The van der Waals surface area contributed by atoms with E-state index in [2.05, 4.69) is 21.2 Å². The molecule has 0 aliphatic rings. The minimum atomic E-state index is -0.448. The van der Waals surface area contributed by atoms with Gasteiger partial charge in [0.05, 0.1) is 5.56 Å². The Kier molecular flexibility index (Phi) is 3.97. The van der Waals surface area contributed by atoms with Crippen LogP contribution in [-0.4, -0.2) is 11.0 Å². The topological polar surface area (TPSA) is 75.3 Å². The highest BCUT2D eigenvalue weighted by atomic mass is 79.9. The molecule has 0 fully saturated rings. The standard InChI is InChI=1S/C13H10BrClN2O2/c14-10-6-8(2-3-11(10)16)17-13(19)9-5-7(15)1-4-12(9)18/h1-6,18H,16H2,(H,17,19). The SMILES string of the molecule is Nc1ccc(NC(=O)c2cc(Cl)ccc2O)cc1Br. The highest BCUT2D eigenvalue weighted by Crippen LogP contribution is 2.25. The van der Waals surface area contributed by atoms with Gasteiger partial charge in [-0.15, -0.1) is 0 Å². The van der Waals surface area contributed by atoms with Crippen LogP contribution in [0, 0.1) is 0 Å². The number of benzene rings is 2. The number of halogens is 2.